The Kier molecular flexibility index (Phi) is 7.99. The molecule has 10 nitrogen and oxygen atoms in total. The smallest absolute Gasteiger partial charge is 0.387 e. The molecule has 1 aliphatic rings. The van der Waals surface area contributed by atoms with Gasteiger partial charge in [-0.3, -0.25) is 14.9 Å². The number of piperidine rings is 1. The lowest BCUT2D eigenvalue weighted by molar-refractivity contribution is -0.385. The number of nitrogens with zero attached hydrogens (tertiary/aromatic N) is 2. The Balaban J connectivity index is 1.87. The molecule has 2 aromatic carbocycles. The van der Waals surface area contributed by atoms with Crippen LogP contribution < -0.4 is 14.8 Å². The number of rotatable bonds is 9. The lowest BCUT2D eigenvalue weighted by Crippen LogP contribution is -2.36. The summed E-state index contributed by atoms with van der Waals surface area (Å²) in [5.74, 6) is -1.82. The third-order valence-corrected chi connectivity index (χ3v) is 7.28. The number of nitro benzene ring substituents is 1. The van der Waals surface area contributed by atoms with Crippen LogP contribution in [0.15, 0.2) is 41.3 Å². The molecule has 1 N–H and O–H groups in total. The minimum Gasteiger partial charge on any atom is -0.493 e. The van der Waals surface area contributed by atoms with Crippen molar-refractivity contribution in [2.45, 2.75) is 37.3 Å². The van der Waals surface area contributed by atoms with E-state index in [0.717, 1.165) is 32.4 Å². The van der Waals surface area contributed by atoms with Crippen molar-refractivity contribution >= 4 is 21.6 Å². The highest BCUT2D eigenvalue weighted by atomic mass is 32.2. The molecule has 1 saturated heterocycles. The summed E-state index contributed by atoms with van der Waals surface area (Å²) in [6.45, 7) is -2.69. The SMILES string of the molecule is COc1cc(C(=O)NCc2ccccc2S(=O)(=O)N2CCCCC2)c([N+](=O)[O-])cc1OC(F)F. The van der Waals surface area contributed by atoms with Crippen LogP contribution >= 0.6 is 0 Å². The van der Waals surface area contributed by atoms with Crippen molar-refractivity contribution in [1.82, 2.24) is 9.62 Å². The second-order valence-corrected chi connectivity index (χ2v) is 9.32. The third-order valence-electron chi connectivity index (χ3n) is 5.28. The van der Waals surface area contributed by atoms with Crippen molar-refractivity contribution in [2.24, 2.45) is 0 Å². The van der Waals surface area contributed by atoms with Gasteiger partial charge in [-0.15, -0.1) is 0 Å². The maximum absolute atomic E-state index is 13.1. The summed E-state index contributed by atoms with van der Waals surface area (Å²) in [7, 11) is -2.66. The molecule has 3 rings (SSSR count). The molecule has 1 fully saturated rings. The van der Waals surface area contributed by atoms with Crippen LogP contribution in [0.5, 0.6) is 11.5 Å². The van der Waals surface area contributed by atoms with Gasteiger partial charge in [-0.1, -0.05) is 24.6 Å². The van der Waals surface area contributed by atoms with Crippen molar-refractivity contribution in [2.75, 3.05) is 20.2 Å². The molecule has 0 saturated carbocycles. The maximum atomic E-state index is 13.1. The van der Waals surface area contributed by atoms with E-state index in [1.807, 2.05) is 0 Å². The van der Waals surface area contributed by atoms with Gasteiger partial charge < -0.3 is 14.8 Å². The van der Waals surface area contributed by atoms with E-state index >= 15 is 0 Å². The van der Waals surface area contributed by atoms with Crippen LogP contribution in [0.25, 0.3) is 0 Å². The quantitative estimate of drug-likeness (QED) is 0.414. The second kappa shape index (κ2) is 10.7. The standard InChI is InChI=1S/C21H23F2N3O7S/c1-32-17-11-15(16(26(28)29)12-18(17)33-21(22)23)20(27)24-13-14-7-3-4-8-19(14)34(30,31)25-9-5-2-6-10-25/h3-4,7-8,11-12,21H,2,5-6,9-10,13H2,1H3,(H,24,27). The van der Waals surface area contributed by atoms with Crippen LogP contribution in [0.3, 0.4) is 0 Å². The first-order valence-electron chi connectivity index (χ1n) is 10.3. The first kappa shape index (κ1) is 25.3. The molecule has 0 aromatic heterocycles. The molecule has 0 unspecified atom stereocenters. The van der Waals surface area contributed by atoms with Gasteiger partial charge in [-0.2, -0.15) is 13.1 Å². The summed E-state index contributed by atoms with van der Waals surface area (Å²) in [6, 6.07) is 7.74. The zero-order valence-corrected chi connectivity index (χ0v) is 19.0. The van der Waals surface area contributed by atoms with Gasteiger partial charge in [0.05, 0.1) is 23.0 Å². The lowest BCUT2D eigenvalue weighted by atomic mass is 10.1. The van der Waals surface area contributed by atoms with Crippen LogP contribution in [-0.2, 0) is 16.6 Å². The van der Waals surface area contributed by atoms with E-state index in [9.17, 15) is 32.1 Å². The average molecular weight is 499 g/mol. The lowest BCUT2D eigenvalue weighted by Gasteiger charge is -2.26. The normalized spacial score (nSPS) is 14.6. The number of carbonyl (C=O) groups excluding carboxylic acids is 1. The number of ether oxygens (including phenoxy) is 2. The highest BCUT2D eigenvalue weighted by Gasteiger charge is 2.29. The fourth-order valence-electron chi connectivity index (χ4n) is 3.65. The van der Waals surface area contributed by atoms with Crippen molar-refractivity contribution < 1.29 is 36.4 Å². The number of nitrogens with one attached hydrogen (secondary N) is 1. The van der Waals surface area contributed by atoms with Crippen molar-refractivity contribution in [3.05, 3.63) is 57.6 Å². The maximum Gasteiger partial charge on any atom is 0.387 e. The van der Waals surface area contributed by atoms with E-state index in [1.165, 1.54) is 16.4 Å². The second-order valence-electron chi connectivity index (χ2n) is 7.41. The van der Waals surface area contributed by atoms with Crippen LogP contribution in [0.2, 0.25) is 0 Å². The number of hydrogen-bond donors (Lipinski definition) is 1. The first-order chi connectivity index (χ1) is 16.1. The zero-order valence-electron chi connectivity index (χ0n) is 18.2. The molecule has 34 heavy (non-hydrogen) atoms. The summed E-state index contributed by atoms with van der Waals surface area (Å²) in [5.41, 5.74) is -0.934. The Morgan fingerprint density at radius 2 is 1.85 bits per heavy atom. The number of methoxy groups -OCH3 is 1. The molecule has 1 heterocycles. The van der Waals surface area contributed by atoms with Gasteiger partial charge in [0.1, 0.15) is 5.56 Å². The Labute approximate surface area is 194 Å². The Morgan fingerprint density at radius 1 is 1.18 bits per heavy atom. The molecule has 0 spiro atoms. The van der Waals surface area contributed by atoms with E-state index in [4.69, 9.17) is 4.74 Å². The topological polar surface area (TPSA) is 128 Å². The Hall–Kier alpha value is -3.32. The molecule has 2 aromatic rings. The van der Waals surface area contributed by atoms with E-state index in [0.29, 0.717) is 24.7 Å². The molecular formula is C21H23F2N3O7S. The summed E-state index contributed by atoms with van der Waals surface area (Å²) >= 11 is 0. The highest BCUT2D eigenvalue weighted by Crippen LogP contribution is 2.35. The highest BCUT2D eigenvalue weighted by molar-refractivity contribution is 7.89. The third kappa shape index (κ3) is 5.59. The Morgan fingerprint density at radius 3 is 2.47 bits per heavy atom. The number of hydrogen-bond acceptors (Lipinski definition) is 7. The number of alkyl halides is 2. The summed E-state index contributed by atoms with van der Waals surface area (Å²) in [5, 5.41) is 13.9. The van der Waals surface area contributed by atoms with Crippen molar-refractivity contribution in [1.29, 1.82) is 0 Å². The van der Waals surface area contributed by atoms with E-state index in [1.54, 1.807) is 12.1 Å². The van der Waals surface area contributed by atoms with Gasteiger partial charge >= 0.3 is 6.61 Å². The average Bonchev–Trinajstić information content (AvgIpc) is 2.82. The van der Waals surface area contributed by atoms with Crippen LogP contribution in [-0.4, -0.2) is 50.4 Å². The van der Waals surface area contributed by atoms with Crippen molar-refractivity contribution in [3.8, 4) is 11.5 Å². The van der Waals surface area contributed by atoms with Crippen LogP contribution in [0.4, 0.5) is 14.5 Å². The predicted octanol–water partition coefficient (Wildman–Crippen LogP) is 3.31. The van der Waals surface area contributed by atoms with E-state index in [2.05, 4.69) is 10.1 Å². The van der Waals surface area contributed by atoms with Gasteiger partial charge in [0.15, 0.2) is 11.5 Å². The molecule has 184 valence electrons. The monoisotopic (exact) mass is 499 g/mol. The molecule has 0 atom stereocenters. The van der Waals surface area contributed by atoms with Crippen LogP contribution in [0.1, 0.15) is 35.2 Å². The molecule has 0 bridgehead atoms. The summed E-state index contributed by atoms with van der Waals surface area (Å²) in [4.78, 5) is 23.4. The van der Waals surface area contributed by atoms with E-state index in [-0.39, 0.29) is 17.2 Å². The molecule has 0 aliphatic carbocycles. The number of amides is 1. The van der Waals surface area contributed by atoms with Gasteiger partial charge in [-0.25, -0.2) is 8.42 Å². The molecule has 1 aliphatic heterocycles. The zero-order chi connectivity index (χ0) is 24.9. The summed E-state index contributed by atoms with van der Waals surface area (Å²) < 4.78 is 62.0. The molecule has 13 heteroatoms. The fourth-order valence-corrected chi connectivity index (χ4v) is 5.39. The van der Waals surface area contributed by atoms with Crippen molar-refractivity contribution in [3.63, 3.8) is 0 Å². The largest absolute Gasteiger partial charge is 0.493 e. The van der Waals surface area contributed by atoms with Crippen LogP contribution in [0, 0.1) is 10.1 Å². The fraction of sp³-hybridized carbons (Fsp3) is 0.381. The first-order valence-corrected chi connectivity index (χ1v) is 11.8. The number of carbonyl (C=O) groups is 1. The molecule has 0 radical (unpaired) electrons. The predicted molar refractivity (Wildman–Crippen MR) is 117 cm³/mol. The van der Waals surface area contributed by atoms with Gasteiger partial charge in [0.25, 0.3) is 11.6 Å². The minimum absolute atomic E-state index is 0.0324. The number of halogens is 2. The number of nitro groups is 1. The molecule has 1 amide bonds. The van der Waals surface area contributed by atoms with Gasteiger partial charge in [0.2, 0.25) is 10.0 Å². The number of sulfonamides is 1. The van der Waals surface area contributed by atoms with E-state index < -0.39 is 44.5 Å². The molecular weight excluding hydrogens is 476 g/mol. The van der Waals surface area contributed by atoms with Gasteiger partial charge in [-0.05, 0) is 24.5 Å². The number of benzene rings is 2. The van der Waals surface area contributed by atoms with Gasteiger partial charge in [0, 0.05) is 25.7 Å². The summed E-state index contributed by atoms with van der Waals surface area (Å²) in [6.07, 6.45) is 2.47. The Bertz CT molecular complexity index is 1170. The minimum atomic E-state index is -3.79.